The summed E-state index contributed by atoms with van der Waals surface area (Å²) in [5.74, 6) is 0. The first-order valence-electron chi connectivity index (χ1n) is 5.18. The number of carbonyl (C=O) groups excluding carboxylic acids is 1. The molecule has 0 atom stereocenters. The highest BCUT2D eigenvalue weighted by atomic mass is 16.6. The van der Waals surface area contributed by atoms with E-state index in [1.54, 1.807) is 4.90 Å². The number of amides is 1. The maximum atomic E-state index is 11.4. The van der Waals surface area contributed by atoms with Gasteiger partial charge < -0.3 is 4.74 Å². The third kappa shape index (κ3) is 2.15. The van der Waals surface area contributed by atoms with Gasteiger partial charge in [0.25, 0.3) is 0 Å². The maximum Gasteiger partial charge on any atom is 0.414 e. The zero-order valence-corrected chi connectivity index (χ0v) is 8.98. The molecule has 1 aromatic rings. The van der Waals surface area contributed by atoms with Gasteiger partial charge in [-0.2, -0.15) is 0 Å². The van der Waals surface area contributed by atoms with Crippen LogP contribution >= 0.6 is 0 Å². The van der Waals surface area contributed by atoms with E-state index in [9.17, 15) is 4.79 Å². The smallest absolute Gasteiger partial charge is 0.414 e. The quantitative estimate of drug-likeness (QED) is 0.724. The molecule has 1 aliphatic heterocycles. The van der Waals surface area contributed by atoms with Crippen LogP contribution in [0.25, 0.3) is 0 Å². The van der Waals surface area contributed by atoms with Gasteiger partial charge in [0, 0.05) is 6.42 Å². The Balaban J connectivity index is 2.13. The summed E-state index contributed by atoms with van der Waals surface area (Å²) in [6.07, 6.45) is 0.349. The average molecular weight is 215 g/mol. The van der Waals surface area contributed by atoms with E-state index in [1.165, 1.54) is 0 Å². The zero-order valence-electron chi connectivity index (χ0n) is 8.98. The van der Waals surface area contributed by atoms with Crippen molar-refractivity contribution in [2.75, 3.05) is 13.2 Å². The van der Waals surface area contributed by atoms with Crippen LogP contribution in [-0.2, 0) is 11.2 Å². The van der Waals surface area contributed by atoms with Crippen molar-refractivity contribution in [1.82, 2.24) is 4.90 Å². The van der Waals surface area contributed by atoms with Gasteiger partial charge in [-0.1, -0.05) is 36.9 Å². The van der Waals surface area contributed by atoms with Crippen LogP contribution in [0, 0.1) is 0 Å². The lowest BCUT2D eigenvalue weighted by atomic mass is 10.1. The minimum Gasteiger partial charge on any atom is -0.447 e. The largest absolute Gasteiger partial charge is 0.447 e. The lowest BCUT2D eigenvalue weighted by Gasteiger charge is -2.14. The molecule has 0 unspecified atom stereocenters. The SMILES string of the molecule is C=C=C(Cc1ccccc1)N1CCOC1=O. The van der Waals surface area contributed by atoms with Crippen LogP contribution in [0.2, 0.25) is 0 Å². The van der Waals surface area contributed by atoms with Crippen LogP contribution in [0.3, 0.4) is 0 Å². The highest BCUT2D eigenvalue weighted by Gasteiger charge is 2.25. The van der Waals surface area contributed by atoms with Crippen LogP contribution in [0.5, 0.6) is 0 Å². The molecular weight excluding hydrogens is 202 g/mol. The molecular formula is C13H13NO2. The maximum absolute atomic E-state index is 11.4. The first kappa shape index (κ1) is 10.5. The van der Waals surface area contributed by atoms with Gasteiger partial charge in [-0.25, -0.2) is 4.79 Å². The van der Waals surface area contributed by atoms with Crippen molar-refractivity contribution >= 4 is 6.09 Å². The lowest BCUT2D eigenvalue weighted by molar-refractivity contribution is 0.164. The van der Waals surface area contributed by atoms with Crippen molar-refractivity contribution in [3.05, 3.63) is 53.9 Å². The predicted octanol–water partition coefficient (Wildman–Crippen LogP) is 2.35. The Kier molecular flexibility index (Phi) is 3.08. The molecule has 0 bridgehead atoms. The molecule has 1 fully saturated rings. The van der Waals surface area contributed by atoms with E-state index in [0.717, 1.165) is 11.3 Å². The third-order valence-electron chi connectivity index (χ3n) is 2.51. The van der Waals surface area contributed by atoms with Gasteiger partial charge in [0.15, 0.2) is 0 Å². The van der Waals surface area contributed by atoms with Crippen LogP contribution in [0.4, 0.5) is 4.79 Å². The Morgan fingerprint density at radius 2 is 2.19 bits per heavy atom. The summed E-state index contributed by atoms with van der Waals surface area (Å²) < 4.78 is 4.88. The standard InChI is InChI=1S/C13H13NO2/c1-2-12(14-8-9-16-13(14)15)10-11-6-4-3-5-7-11/h3-7H,1,8-10H2. The molecule has 0 aromatic heterocycles. The molecule has 3 nitrogen and oxygen atoms in total. The van der Waals surface area contributed by atoms with Crippen molar-refractivity contribution in [3.63, 3.8) is 0 Å². The van der Waals surface area contributed by atoms with Gasteiger partial charge in [-0.05, 0) is 5.56 Å². The highest BCUT2D eigenvalue weighted by Crippen LogP contribution is 2.15. The number of carbonyl (C=O) groups is 1. The summed E-state index contributed by atoms with van der Waals surface area (Å²) in [5.41, 5.74) is 4.72. The number of ether oxygens (including phenoxy) is 1. The molecule has 1 saturated heterocycles. The van der Waals surface area contributed by atoms with Crippen molar-refractivity contribution in [3.8, 4) is 0 Å². The first-order valence-corrected chi connectivity index (χ1v) is 5.18. The minimum atomic E-state index is -0.304. The molecule has 1 aliphatic rings. The van der Waals surface area contributed by atoms with E-state index in [4.69, 9.17) is 4.74 Å². The minimum absolute atomic E-state index is 0.304. The first-order chi connectivity index (χ1) is 7.81. The molecule has 0 aliphatic carbocycles. The van der Waals surface area contributed by atoms with Crippen molar-refractivity contribution in [1.29, 1.82) is 0 Å². The molecule has 0 radical (unpaired) electrons. The number of cyclic esters (lactones) is 1. The summed E-state index contributed by atoms with van der Waals surface area (Å²) >= 11 is 0. The van der Waals surface area contributed by atoms with E-state index in [2.05, 4.69) is 12.3 Å². The van der Waals surface area contributed by atoms with E-state index in [0.29, 0.717) is 19.6 Å². The molecule has 3 heteroatoms. The molecule has 16 heavy (non-hydrogen) atoms. The highest BCUT2D eigenvalue weighted by molar-refractivity contribution is 5.71. The second-order valence-electron chi connectivity index (χ2n) is 3.55. The van der Waals surface area contributed by atoms with Gasteiger partial charge in [0.05, 0.1) is 12.2 Å². The van der Waals surface area contributed by atoms with Gasteiger partial charge in [0.1, 0.15) is 6.61 Å². The molecule has 82 valence electrons. The van der Waals surface area contributed by atoms with E-state index in [-0.39, 0.29) is 6.09 Å². The van der Waals surface area contributed by atoms with Gasteiger partial charge in [-0.3, -0.25) is 4.90 Å². The molecule has 1 aromatic carbocycles. The molecule has 0 spiro atoms. The zero-order chi connectivity index (χ0) is 11.4. The number of benzene rings is 1. The fourth-order valence-corrected chi connectivity index (χ4v) is 1.68. The molecule has 1 heterocycles. The van der Waals surface area contributed by atoms with Crippen molar-refractivity contribution in [2.45, 2.75) is 6.42 Å². The molecule has 1 amide bonds. The van der Waals surface area contributed by atoms with E-state index >= 15 is 0 Å². The second-order valence-corrected chi connectivity index (χ2v) is 3.55. The Labute approximate surface area is 94.6 Å². The summed E-state index contributed by atoms with van der Waals surface area (Å²) in [7, 11) is 0. The average Bonchev–Trinajstić information content (AvgIpc) is 2.74. The topological polar surface area (TPSA) is 29.5 Å². The summed E-state index contributed by atoms with van der Waals surface area (Å²) in [6, 6.07) is 9.93. The monoisotopic (exact) mass is 215 g/mol. The fraction of sp³-hybridized carbons (Fsp3) is 0.231. The Morgan fingerprint density at radius 1 is 1.44 bits per heavy atom. The Hall–Kier alpha value is -1.99. The van der Waals surface area contributed by atoms with Crippen molar-refractivity contribution in [2.24, 2.45) is 0 Å². The van der Waals surface area contributed by atoms with Crippen LogP contribution in [-0.4, -0.2) is 24.1 Å². The third-order valence-corrected chi connectivity index (χ3v) is 2.51. The predicted molar refractivity (Wildman–Crippen MR) is 60.9 cm³/mol. The summed E-state index contributed by atoms with van der Waals surface area (Å²) in [6.45, 7) is 4.65. The Bertz CT molecular complexity index is 433. The summed E-state index contributed by atoms with van der Waals surface area (Å²) in [5, 5.41) is 0. The number of nitrogens with zero attached hydrogens (tertiary/aromatic N) is 1. The Morgan fingerprint density at radius 3 is 2.75 bits per heavy atom. The van der Waals surface area contributed by atoms with Gasteiger partial charge in [0.2, 0.25) is 0 Å². The van der Waals surface area contributed by atoms with Crippen LogP contribution < -0.4 is 0 Å². The number of hydrogen-bond acceptors (Lipinski definition) is 2. The number of rotatable bonds is 3. The lowest BCUT2D eigenvalue weighted by Crippen LogP contribution is -2.24. The van der Waals surface area contributed by atoms with Crippen LogP contribution in [0.1, 0.15) is 5.56 Å². The molecule has 0 N–H and O–H groups in total. The second kappa shape index (κ2) is 4.69. The fourth-order valence-electron chi connectivity index (χ4n) is 1.68. The van der Waals surface area contributed by atoms with E-state index in [1.807, 2.05) is 30.3 Å². The normalized spacial score (nSPS) is 14.5. The van der Waals surface area contributed by atoms with Gasteiger partial charge in [-0.15, -0.1) is 5.73 Å². The summed E-state index contributed by atoms with van der Waals surface area (Å²) in [4.78, 5) is 13.0. The van der Waals surface area contributed by atoms with E-state index < -0.39 is 0 Å². The van der Waals surface area contributed by atoms with Crippen LogP contribution in [0.15, 0.2) is 48.3 Å². The molecule has 2 rings (SSSR count). The van der Waals surface area contributed by atoms with Crippen molar-refractivity contribution < 1.29 is 9.53 Å². The number of hydrogen-bond donors (Lipinski definition) is 0. The molecule has 0 saturated carbocycles. The van der Waals surface area contributed by atoms with Gasteiger partial charge >= 0.3 is 6.09 Å². The number of allylic oxidation sites excluding steroid dienone is 1.